The van der Waals surface area contributed by atoms with E-state index < -0.39 is 23.9 Å². The molecule has 0 bridgehead atoms. The molecule has 0 aliphatic carbocycles. The second-order valence-electron chi connectivity index (χ2n) is 14.7. The first-order valence-electron chi connectivity index (χ1n) is 21.6. The van der Waals surface area contributed by atoms with Crippen LogP contribution in [0, 0.1) is 0 Å². The van der Waals surface area contributed by atoms with Gasteiger partial charge in [0.2, 0.25) is 0 Å². The lowest BCUT2D eigenvalue weighted by Gasteiger charge is -2.31. The molecule has 49 heavy (non-hydrogen) atoms. The van der Waals surface area contributed by atoms with Gasteiger partial charge in [-0.25, -0.2) is 0 Å². The van der Waals surface area contributed by atoms with Gasteiger partial charge in [-0.3, -0.25) is 14.4 Å². The van der Waals surface area contributed by atoms with Crippen molar-refractivity contribution in [3.05, 3.63) is 0 Å². The molecule has 0 saturated carbocycles. The van der Waals surface area contributed by atoms with Crippen LogP contribution >= 0.6 is 0 Å². The van der Waals surface area contributed by atoms with Crippen molar-refractivity contribution >= 4 is 17.9 Å². The first kappa shape index (κ1) is 47.4. The Kier molecular flexibility index (Phi) is 35.0. The molecule has 0 aromatic carbocycles. The Balaban J connectivity index is 4.82. The standard InChI is InChI=1S/C43H82O6/c1-5-9-12-15-18-21-24-27-30-33-36-40(44)47-43(39-8-4,48-41(45)37-34-31-28-25-22-19-16-13-10-6-2)49-42(46)38-35-32-29-26-23-20-17-14-11-7-3/h5-39H2,1-4H3. The van der Waals surface area contributed by atoms with Crippen molar-refractivity contribution in [2.75, 3.05) is 0 Å². The zero-order chi connectivity index (χ0) is 36.1. The Morgan fingerprint density at radius 1 is 0.306 bits per heavy atom. The van der Waals surface area contributed by atoms with Crippen LogP contribution in [0.5, 0.6) is 0 Å². The normalized spacial score (nSPS) is 11.5. The van der Waals surface area contributed by atoms with Crippen molar-refractivity contribution in [3.63, 3.8) is 0 Å². The maximum Gasteiger partial charge on any atom is 0.423 e. The summed E-state index contributed by atoms with van der Waals surface area (Å²) < 4.78 is 17.3. The van der Waals surface area contributed by atoms with Gasteiger partial charge >= 0.3 is 23.9 Å². The van der Waals surface area contributed by atoms with E-state index in [1.165, 1.54) is 135 Å². The quantitative estimate of drug-likeness (QED) is 0.0364. The Hall–Kier alpha value is -1.59. The molecule has 0 unspecified atom stereocenters. The van der Waals surface area contributed by atoms with Gasteiger partial charge in [-0.2, -0.15) is 0 Å². The summed E-state index contributed by atoms with van der Waals surface area (Å²) in [4.78, 5) is 39.0. The lowest BCUT2D eigenvalue weighted by molar-refractivity contribution is -0.333. The molecule has 6 nitrogen and oxygen atoms in total. The number of esters is 3. The molecule has 0 radical (unpaired) electrons. The van der Waals surface area contributed by atoms with Gasteiger partial charge in [0.1, 0.15) is 0 Å². The maximum absolute atomic E-state index is 13.0. The summed E-state index contributed by atoms with van der Waals surface area (Å²) in [5.74, 6) is -3.36. The maximum atomic E-state index is 13.0. The van der Waals surface area contributed by atoms with Crippen molar-refractivity contribution < 1.29 is 28.6 Å². The van der Waals surface area contributed by atoms with E-state index in [1.54, 1.807) is 0 Å². The first-order chi connectivity index (χ1) is 23.9. The van der Waals surface area contributed by atoms with Crippen molar-refractivity contribution in [2.24, 2.45) is 0 Å². The average Bonchev–Trinajstić information content (AvgIpc) is 3.07. The lowest BCUT2D eigenvalue weighted by Crippen LogP contribution is -2.44. The predicted molar refractivity (Wildman–Crippen MR) is 205 cm³/mol. The lowest BCUT2D eigenvalue weighted by atomic mass is 10.1. The molecule has 0 spiro atoms. The van der Waals surface area contributed by atoms with Crippen LogP contribution in [-0.4, -0.2) is 23.9 Å². The first-order valence-corrected chi connectivity index (χ1v) is 21.6. The Morgan fingerprint density at radius 3 is 0.714 bits per heavy atom. The van der Waals surface area contributed by atoms with Crippen LogP contribution in [0.1, 0.15) is 252 Å². The largest absolute Gasteiger partial charge is 0.423 e. The summed E-state index contributed by atoms with van der Waals surface area (Å²) in [5, 5.41) is 0. The van der Waals surface area contributed by atoms with Crippen LogP contribution in [-0.2, 0) is 28.6 Å². The summed E-state index contributed by atoms with van der Waals surface area (Å²) in [5.41, 5.74) is 0. The van der Waals surface area contributed by atoms with Crippen LogP contribution in [0.4, 0.5) is 0 Å². The third kappa shape index (κ3) is 32.1. The molecule has 0 rings (SSSR count). The summed E-state index contributed by atoms with van der Waals surface area (Å²) in [6.45, 7) is 8.63. The average molecular weight is 695 g/mol. The molecule has 0 fully saturated rings. The fourth-order valence-corrected chi connectivity index (χ4v) is 6.47. The molecule has 0 saturated heterocycles. The van der Waals surface area contributed by atoms with E-state index in [-0.39, 0.29) is 25.7 Å². The number of rotatable bonds is 38. The number of carbonyl (C=O) groups excluding carboxylic acids is 3. The molecule has 290 valence electrons. The van der Waals surface area contributed by atoms with Gasteiger partial charge in [-0.15, -0.1) is 0 Å². The van der Waals surface area contributed by atoms with Crippen molar-refractivity contribution in [2.45, 2.75) is 258 Å². The zero-order valence-corrected chi connectivity index (χ0v) is 33.2. The summed E-state index contributed by atoms with van der Waals surface area (Å²) in [7, 11) is 0. The van der Waals surface area contributed by atoms with E-state index in [4.69, 9.17) is 14.2 Å². The highest BCUT2D eigenvalue weighted by atomic mass is 16.9. The van der Waals surface area contributed by atoms with Gasteiger partial charge < -0.3 is 14.2 Å². The van der Waals surface area contributed by atoms with Gasteiger partial charge in [-0.05, 0) is 25.7 Å². The highest BCUT2D eigenvalue weighted by Crippen LogP contribution is 2.27. The highest BCUT2D eigenvalue weighted by molar-refractivity contribution is 5.74. The van der Waals surface area contributed by atoms with Gasteiger partial charge in [0.15, 0.2) is 0 Å². The van der Waals surface area contributed by atoms with Gasteiger partial charge in [0.05, 0.1) is 6.42 Å². The fourth-order valence-electron chi connectivity index (χ4n) is 6.47. The minimum atomic E-state index is -1.96. The van der Waals surface area contributed by atoms with Crippen molar-refractivity contribution in [1.29, 1.82) is 0 Å². The van der Waals surface area contributed by atoms with E-state index >= 15 is 0 Å². The molecule has 0 aliphatic rings. The van der Waals surface area contributed by atoms with Gasteiger partial charge in [0.25, 0.3) is 0 Å². The molecular weight excluding hydrogens is 612 g/mol. The SMILES string of the molecule is CCCCCCCCCCCCC(=O)OC(CCC)(OC(=O)CCCCCCCCCCCC)OC(=O)CCCCCCCCCCCC. The van der Waals surface area contributed by atoms with Crippen LogP contribution in [0.2, 0.25) is 0 Å². The van der Waals surface area contributed by atoms with E-state index in [2.05, 4.69) is 20.8 Å². The van der Waals surface area contributed by atoms with Crippen LogP contribution < -0.4 is 0 Å². The molecule has 6 heteroatoms. The Bertz CT molecular complexity index is 658. The monoisotopic (exact) mass is 695 g/mol. The third-order valence-corrected chi connectivity index (χ3v) is 9.57. The number of carbonyl (C=O) groups is 3. The minimum absolute atomic E-state index is 0.143. The van der Waals surface area contributed by atoms with Gasteiger partial charge in [0, 0.05) is 19.3 Å². The van der Waals surface area contributed by atoms with E-state index in [9.17, 15) is 14.4 Å². The van der Waals surface area contributed by atoms with Crippen LogP contribution in [0.3, 0.4) is 0 Å². The minimum Gasteiger partial charge on any atom is -0.388 e. The van der Waals surface area contributed by atoms with Gasteiger partial charge in [-0.1, -0.05) is 201 Å². The van der Waals surface area contributed by atoms with E-state index in [0.717, 1.165) is 57.8 Å². The van der Waals surface area contributed by atoms with E-state index in [1.807, 2.05) is 6.92 Å². The zero-order valence-electron chi connectivity index (χ0n) is 33.2. The molecule has 0 heterocycles. The molecule has 0 aromatic heterocycles. The molecule has 0 aliphatic heterocycles. The number of hydrogen-bond donors (Lipinski definition) is 0. The van der Waals surface area contributed by atoms with Crippen LogP contribution in [0.15, 0.2) is 0 Å². The topological polar surface area (TPSA) is 78.9 Å². The fraction of sp³-hybridized carbons (Fsp3) is 0.930. The summed E-state index contributed by atoms with van der Waals surface area (Å²) in [6, 6.07) is 0. The van der Waals surface area contributed by atoms with E-state index in [0.29, 0.717) is 6.42 Å². The molecule has 0 amide bonds. The van der Waals surface area contributed by atoms with Crippen LogP contribution in [0.25, 0.3) is 0 Å². The summed E-state index contributed by atoms with van der Waals surface area (Å²) in [6.07, 6.45) is 36.6. The second kappa shape index (κ2) is 36.2. The predicted octanol–water partition coefficient (Wildman–Crippen LogP) is 14.0. The van der Waals surface area contributed by atoms with Crippen molar-refractivity contribution in [1.82, 2.24) is 0 Å². The second-order valence-corrected chi connectivity index (χ2v) is 14.7. The smallest absolute Gasteiger partial charge is 0.388 e. The number of hydrogen-bond acceptors (Lipinski definition) is 6. The molecule has 0 atom stereocenters. The summed E-state index contributed by atoms with van der Waals surface area (Å²) >= 11 is 0. The number of ether oxygens (including phenoxy) is 3. The number of unbranched alkanes of at least 4 members (excludes halogenated alkanes) is 27. The van der Waals surface area contributed by atoms with Crippen molar-refractivity contribution in [3.8, 4) is 0 Å². The Labute approximate surface area is 304 Å². The Morgan fingerprint density at radius 2 is 0.510 bits per heavy atom. The molecular formula is C43H82O6. The molecule has 0 aromatic rings. The third-order valence-electron chi connectivity index (χ3n) is 9.57. The molecule has 0 N–H and O–H groups in total. The highest BCUT2D eigenvalue weighted by Gasteiger charge is 2.42.